The largest absolute Gasteiger partial charge is 0.324 e. The Morgan fingerprint density at radius 2 is 1.90 bits per heavy atom. The second kappa shape index (κ2) is 7.29. The third kappa shape index (κ3) is 3.47. The van der Waals surface area contributed by atoms with Crippen LogP contribution in [0.4, 0.5) is 11.4 Å². The highest BCUT2D eigenvalue weighted by Gasteiger charge is 2.55. The topological polar surface area (TPSA) is 94.4 Å². The summed E-state index contributed by atoms with van der Waals surface area (Å²) in [4.78, 5) is 39.3. The van der Waals surface area contributed by atoms with Gasteiger partial charge in [0.1, 0.15) is 6.54 Å². The second-order valence-electron chi connectivity index (χ2n) is 7.03. The number of fused-ring (bicyclic) bond motifs is 1. The first-order valence-electron chi connectivity index (χ1n) is 9.03. The van der Waals surface area contributed by atoms with Crippen molar-refractivity contribution in [3.05, 3.63) is 58.6 Å². The van der Waals surface area contributed by atoms with E-state index < -0.39 is 29.8 Å². The zero-order chi connectivity index (χ0) is 20.7. The van der Waals surface area contributed by atoms with E-state index in [0.717, 1.165) is 16.0 Å². The minimum absolute atomic E-state index is 0.211. The van der Waals surface area contributed by atoms with Crippen LogP contribution in [0.25, 0.3) is 0 Å². The SMILES string of the molecule is Cc1ccc(N2C(=O)C3N=NN(CC(=O)Nc4cccc(Cl)c4)C3C2=O)cc1C. The van der Waals surface area contributed by atoms with Crippen molar-refractivity contribution in [3.8, 4) is 0 Å². The fourth-order valence-corrected chi connectivity index (χ4v) is 3.58. The molecular formula is C20H18ClN5O3. The van der Waals surface area contributed by atoms with Crippen molar-refractivity contribution >= 4 is 40.7 Å². The first-order valence-corrected chi connectivity index (χ1v) is 9.41. The van der Waals surface area contributed by atoms with Crippen LogP contribution in [0.3, 0.4) is 0 Å². The first-order chi connectivity index (χ1) is 13.8. The lowest BCUT2D eigenvalue weighted by molar-refractivity contribution is -0.123. The molecule has 0 spiro atoms. The van der Waals surface area contributed by atoms with Gasteiger partial charge in [-0.1, -0.05) is 29.0 Å². The van der Waals surface area contributed by atoms with Crippen LogP contribution in [0.15, 0.2) is 52.8 Å². The number of benzene rings is 2. The van der Waals surface area contributed by atoms with Gasteiger partial charge in [-0.25, -0.2) is 4.90 Å². The first kappa shape index (κ1) is 19.1. The Morgan fingerprint density at radius 3 is 2.62 bits per heavy atom. The number of carbonyl (C=O) groups is 3. The van der Waals surface area contributed by atoms with E-state index in [1.54, 1.807) is 36.4 Å². The zero-order valence-electron chi connectivity index (χ0n) is 15.8. The average Bonchev–Trinajstić information content (AvgIpc) is 3.18. The van der Waals surface area contributed by atoms with Gasteiger partial charge in [0, 0.05) is 10.7 Å². The van der Waals surface area contributed by atoms with Crippen molar-refractivity contribution in [3.63, 3.8) is 0 Å². The second-order valence-corrected chi connectivity index (χ2v) is 7.47. The Balaban J connectivity index is 1.50. The van der Waals surface area contributed by atoms with Crippen molar-refractivity contribution in [1.82, 2.24) is 5.01 Å². The summed E-state index contributed by atoms with van der Waals surface area (Å²) >= 11 is 5.92. The van der Waals surface area contributed by atoms with Crippen molar-refractivity contribution in [2.75, 3.05) is 16.8 Å². The number of amides is 3. The summed E-state index contributed by atoms with van der Waals surface area (Å²) in [5.74, 6) is -1.27. The van der Waals surface area contributed by atoms with Crippen LogP contribution in [0, 0.1) is 13.8 Å². The van der Waals surface area contributed by atoms with E-state index in [1.165, 1.54) is 5.01 Å². The number of rotatable bonds is 4. The summed E-state index contributed by atoms with van der Waals surface area (Å²) in [5.41, 5.74) is 3.06. The highest BCUT2D eigenvalue weighted by atomic mass is 35.5. The summed E-state index contributed by atoms with van der Waals surface area (Å²) in [7, 11) is 0. The molecule has 0 aromatic heterocycles. The lowest BCUT2D eigenvalue weighted by atomic mass is 10.1. The average molecular weight is 412 g/mol. The maximum atomic E-state index is 13.0. The third-order valence-electron chi connectivity index (χ3n) is 5.02. The molecule has 2 aliphatic heterocycles. The smallest absolute Gasteiger partial charge is 0.263 e. The molecule has 0 saturated carbocycles. The van der Waals surface area contributed by atoms with Crippen LogP contribution in [0.1, 0.15) is 11.1 Å². The van der Waals surface area contributed by atoms with Gasteiger partial charge in [0.2, 0.25) is 5.91 Å². The van der Waals surface area contributed by atoms with E-state index in [2.05, 4.69) is 15.7 Å². The molecule has 0 radical (unpaired) electrons. The minimum atomic E-state index is -0.942. The number of halogens is 1. The van der Waals surface area contributed by atoms with Crippen LogP contribution in [0.5, 0.6) is 0 Å². The van der Waals surface area contributed by atoms with Crippen molar-refractivity contribution in [2.24, 2.45) is 10.3 Å². The normalized spacial score (nSPS) is 20.4. The highest BCUT2D eigenvalue weighted by Crippen LogP contribution is 2.32. The number of hydrogen-bond donors (Lipinski definition) is 1. The monoisotopic (exact) mass is 411 g/mol. The lowest BCUT2D eigenvalue weighted by Crippen LogP contribution is -2.43. The number of aryl methyl sites for hydroxylation is 2. The molecule has 2 aromatic carbocycles. The van der Waals surface area contributed by atoms with E-state index in [-0.39, 0.29) is 6.54 Å². The Kier molecular flexibility index (Phi) is 4.79. The molecule has 9 heteroatoms. The fourth-order valence-electron chi connectivity index (χ4n) is 3.39. The molecule has 3 amide bonds. The Bertz CT molecular complexity index is 1050. The molecule has 1 fully saturated rings. The van der Waals surface area contributed by atoms with Gasteiger partial charge in [-0.2, -0.15) is 5.11 Å². The van der Waals surface area contributed by atoms with E-state index in [0.29, 0.717) is 16.4 Å². The van der Waals surface area contributed by atoms with Gasteiger partial charge < -0.3 is 5.32 Å². The van der Waals surface area contributed by atoms with Crippen LogP contribution >= 0.6 is 11.6 Å². The molecule has 8 nitrogen and oxygen atoms in total. The minimum Gasteiger partial charge on any atom is -0.324 e. The van der Waals surface area contributed by atoms with Gasteiger partial charge in [0.05, 0.1) is 5.69 Å². The molecule has 1 saturated heterocycles. The molecule has 2 heterocycles. The molecule has 4 rings (SSSR count). The Labute approximate surface area is 172 Å². The molecule has 148 valence electrons. The Morgan fingerprint density at radius 1 is 1.10 bits per heavy atom. The van der Waals surface area contributed by atoms with Gasteiger partial charge in [-0.05, 0) is 55.3 Å². The van der Waals surface area contributed by atoms with Crippen molar-refractivity contribution in [1.29, 1.82) is 0 Å². The summed E-state index contributed by atoms with van der Waals surface area (Å²) in [5, 5.41) is 12.3. The van der Waals surface area contributed by atoms with Crippen molar-refractivity contribution in [2.45, 2.75) is 25.9 Å². The number of nitrogens with one attached hydrogen (secondary N) is 1. The predicted molar refractivity (Wildman–Crippen MR) is 108 cm³/mol. The van der Waals surface area contributed by atoms with Crippen LogP contribution in [0.2, 0.25) is 5.02 Å². The van der Waals surface area contributed by atoms with Gasteiger partial charge >= 0.3 is 0 Å². The number of anilines is 2. The molecule has 2 aliphatic rings. The molecule has 2 unspecified atom stereocenters. The van der Waals surface area contributed by atoms with Gasteiger partial charge in [-0.3, -0.25) is 19.4 Å². The van der Waals surface area contributed by atoms with Crippen LogP contribution in [-0.2, 0) is 14.4 Å². The van der Waals surface area contributed by atoms with Crippen LogP contribution < -0.4 is 10.2 Å². The summed E-state index contributed by atoms with van der Waals surface area (Å²) in [6.45, 7) is 3.66. The molecular weight excluding hydrogens is 394 g/mol. The molecule has 2 atom stereocenters. The molecule has 29 heavy (non-hydrogen) atoms. The van der Waals surface area contributed by atoms with Crippen molar-refractivity contribution < 1.29 is 14.4 Å². The van der Waals surface area contributed by atoms with Gasteiger partial charge in [0.15, 0.2) is 12.1 Å². The number of imide groups is 1. The number of nitrogens with zero attached hydrogens (tertiary/aromatic N) is 4. The van der Waals surface area contributed by atoms with E-state index >= 15 is 0 Å². The quantitative estimate of drug-likeness (QED) is 0.782. The standard InChI is InChI=1S/C20H18ClN5O3/c1-11-6-7-15(8-12(11)2)26-19(28)17-18(20(26)29)25(24-23-17)10-16(27)22-14-5-3-4-13(21)9-14/h3-9,17-18H,10H2,1-2H3,(H,22,27). The molecule has 0 aliphatic carbocycles. The van der Waals surface area contributed by atoms with Gasteiger partial charge in [0.25, 0.3) is 11.8 Å². The summed E-state index contributed by atoms with van der Waals surface area (Å²) < 4.78 is 0. The van der Waals surface area contributed by atoms with E-state index in [4.69, 9.17) is 11.6 Å². The maximum Gasteiger partial charge on any atom is 0.263 e. The third-order valence-corrected chi connectivity index (χ3v) is 5.26. The fraction of sp³-hybridized carbons (Fsp3) is 0.250. The van der Waals surface area contributed by atoms with E-state index in [1.807, 2.05) is 19.9 Å². The highest BCUT2D eigenvalue weighted by molar-refractivity contribution is 6.31. The lowest BCUT2D eigenvalue weighted by Gasteiger charge is -2.20. The molecule has 2 aromatic rings. The molecule has 0 bridgehead atoms. The van der Waals surface area contributed by atoms with E-state index in [9.17, 15) is 14.4 Å². The number of carbonyl (C=O) groups excluding carboxylic acids is 3. The molecule has 1 N–H and O–H groups in total. The Hall–Kier alpha value is -3.26. The van der Waals surface area contributed by atoms with Gasteiger partial charge in [-0.15, -0.1) is 0 Å². The predicted octanol–water partition coefficient (Wildman–Crippen LogP) is 2.89. The van der Waals surface area contributed by atoms with Crippen LogP contribution in [-0.4, -0.2) is 41.4 Å². The number of hydrogen-bond acceptors (Lipinski definition) is 6. The summed E-state index contributed by atoms with van der Waals surface area (Å²) in [6.07, 6.45) is 0. The maximum absolute atomic E-state index is 13.0. The summed E-state index contributed by atoms with van der Waals surface area (Å²) in [6, 6.07) is 10.2. The zero-order valence-corrected chi connectivity index (χ0v) is 16.6.